The lowest BCUT2D eigenvalue weighted by Gasteiger charge is -1.96. The number of unbranched alkanes of at least 4 members (excludes halogenated alkanes) is 3. The lowest BCUT2D eigenvalue weighted by molar-refractivity contribution is -0.141. The fraction of sp³-hybridized carbons (Fsp3) is 0.909. The fourth-order valence-electron chi connectivity index (χ4n) is 0.714. The molecule has 0 fully saturated rings. The third-order valence-corrected chi connectivity index (χ3v) is 1.51. The molecule has 0 rings (SSSR count). The summed E-state index contributed by atoms with van der Waals surface area (Å²) in [5.41, 5.74) is 0. The van der Waals surface area contributed by atoms with Gasteiger partial charge in [0, 0.05) is 6.92 Å². The molecule has 0 saturated heterocycles. The minimum absolute atomic E-state index is 0.182. The number of hydrogen-bond donors (Lipinski definition) is 3. The van der Waals surface area contributed by atoms with Crippen LogP contribution in [-0.4, -0.2) is 27.3 Å². The molecule has 112 valence electrons. The summed E-state index contributed by atoms with van der Waals surface area (Å²) in [6.07, 6.45) is 6.12. The molecule has 0 spiro atoms. The Morgan fingerprint density at radius 1 is 1.00 bits per heavy atom. The third-order valence-electron chi connectivity index (χ3n) is 1.51. The quantitative estimate of drug-likeness (QED) is 0.407. The maximum Gasteiger partial charge on any atom is 0.466 e. The molecule has 0 aromatic rings. The number of carbonyl (C=O) groups is 1. The van der Waals surface area contributed by atoms with E-state index in [1.54, 1.807) is 0 Å². The first-order valence-electron chi connectivity index (χ1n) is 6.10. The van der Waals surface area contributed by atoms with Crippen LogP contribution in [0.15, 0.2) is 0 Å². The molecule has 0 amide bonds. The zero-order valence-corrected chi connectivity index (χ0v) is 12.7. The Hall–Kier alpha value is -0.420. The maximum atomic E-state index is 10.1. The number of hydrogen-bond acceptors (Lipinski definition) is 3. The summed E-state index contributed by atoms with van der Waals surface area (Å²) in [5.74, 6) is -0.182. The summed E-state index contributed by atoms with van der Waals surface area (Å²) in [4.78, 5) is 31.7. The molecule has 7 heteroatoms. The van der Waals surface area contributed by atoms with Crippen LogP contribution in [0.4, 0.5) is 0 Å². The zero-order valence-electron chi connectivity index (χ0n) is 11.8. The van der Waals surface area contributed by atoms with Crippen molar-refractivity contribution >= 4 is 13.8 Å². The summed E-state index contributed by atoms with van der Waals surface area (Å²) in [7, 11) is -4.64. The van der Waals surface area contributed by atoms with Gasteiger partial charge in [0.1, 0.15) is 0 Å². The van der Waals surface area contributed by atoms with Crippen LogP contribution in [0.1, 0.15) is 59.8 Å². The van der Waals surface area contributed by atoms with Gasteiger partial charge in [0.25, 0.3) is 0 Å². The molecule has 0 atom stereocenters. The van der Waals surface area contributed by atoms with Gasteiger partial charge in [-0.15, -0.1) is 0 Å². The molecule has 0 bridgehead atoms. The smallest absolute Gasteiger partial charge is 0.466 e. The Kier molecular flexibility index (Phi) is 20.9. The van der Waals surface area contributed by atoms with Crippen molar-refractivity contribution in [1.29, 1.82) is 0 Å². The van der Waals surface area contributed by atoms with E-state index in [1.165, 1.54) is 26.2 Å². The highest BCUT2D eigenvalue weighted by Gasteiger charge is 2.00. The highest BCUT2D eigenvalue weighted by atomic mass is 31.2. The van der Waals surface area contributed by atoms with Gasteiger partial charge in [0.15, 0.2) is 0 Å². The SMILES string of the molecule is CCCCC.CCCCOC(C)=O.O=P(O)(O)O. The van der Waals surface area contributed by atoms with E-state index in [0.29, 0.717) is 6.61 Å². The molecule has 0 unspecified atom stereocenters. The van der Waals surface area contributed by atoms with Gasteiger partial charge in [-0.05, 0) is 6.42 Å². The first-order valence-corrected chi connectivity index (χ1v) is 7.67. The fourth-order valence-corrected chi connectivity index (χ4v) is 0.714. The second-order valence-corrected chi connectivity index (χ2v) is 4.59. The average molecular weight is 286 g/mol. The van der Waals surface area contributed by atoms with Crippen molar-refractivity contribution < 1.29 is 28.8 Å². The second kappa shape index (κ2) is 16.6. The van der Waals surface area contributed by atoms with E-state index in [1.807, 2.05) is 0 Å². The van der Waals surface area contributed by atoms with E-state index in [-0.39, 0.29) is 5.97 Å². The van der Waals surface area contributed by atoms with Crippen LogP contribution in [-0.2, 0) is 14.1 Å². The molecular weight excluding hydrogens is 259 g/mol. The third kappa shape index (κ3) is 76.5. The van der Waals surface area contributed by atoms with Crippen LogP contribution in [0.25, 0.3) is 0 Å². The first kappa shape index (κ1) is 22.7. The van der Waals surface area contributed by atoms with Gasteiger partial charge >= 0.3 is 13.8 Å². The second-order valence-electron chi connectivity index (χ2n) is 3.56. The van der Waals surface area contributed by atoms with Gasteiger partial charge in [0.2, 0.25) is 0 Å². The number of phosphoric acid groups is 1. The van der Waals surface area contributed by atoms with Gasteiger partial charge in [-0.1, -0.05) is 46.5 Å². The molecule has 0 aliphatic heterocycles. The minimum Gasteiger partial charge on any atom is -0.466 e. The van der Waals surface area contributed by atoms with Crippen LogP contribution in [0.2, 0.25) is 0 Å². The molecule has 0 heterocycles. The zero-order chi connectivity index (χ0) is 15.0. The molecule has 18 heavy (non-hydrogen) atoms. The first-order chi connectivity index (χ1) is 8.18. The Morgan fingerprint density at radius 3 is 1.50 bits per heavy atom. The molecular formula is C11H27O6P. The Labute approximate surface area is 110 Å². The predicted octanol–water partition coefficient (Wildman–Crippen LogP) is 2.62. The summed E-state index contributed by atoms with van der Waals surface area (Å²) in [6.45, 7) is 8.48. The topological polar surface area (TPSA) is 104 Å². The van der Waals surface area contributed by atoms with Crippen molar-refractivity contribution in [2.45, 2.75) is 59.8 Å². The monoisotopic (exact) mass is 286 g/mol. The van der Waals surface area contributed by atoms with Crippen molar-refractivity contribution in [3.63, 3.8) is 0 Å². The number of esters is 1. The van der Waals surface area contributed by atoms with Crippen LogP contribution < -0.4 is 0 Å². The van der Waals surface area contributed by atoms with Crippen LogP contribution in [0.5, 0.6) is 0 Å². The Balaban J connectivity index is -0.000000197. The van der Waals surface area contributed by atoms with Gasteiger partial charge in [-0.25, -0.2) is 4.57 Å². The lowest BCUT2D eigenvalue weighted by Crippen LogP contribution is -1.99. The van der Waals surface area contributed by atoms with Gasteiger partial charge < -0.3 is 19.4 Å². The van der Waals surface area contributed by atoms with Crippen molar-refractivity contribution in [2.75, 3.05) is 6.61 Å². The minimum atomic E-state index is -4.64. The summed E-state index contributed by atoms with van der Waals surface area (Å²) in [6, 6.07) is 0. The van der Waals surface area contributed by atoms with Crippen molar-refractivity contribution in [3.05, 3.63) is 0 Å². The molecule has 0 aromatic carbocycles. The molecule has 0 saturated carbocycles. The van der Waals surface area contributed by atoms with E-state index >= 15 is 0 Å². The van der Waals surface area contributed by atoms with E-state index in [2.05, 4.69) is 25.5 Å². The van der Waals surface area contributed by atoms with Gasteiger partial charge in [-0.3, -0.25) is 4.79 Å². The van der Waals surface area contributed by atoms with Crippen molar-refractivity contribution in [1.82, 2.24) is 0 Å². The summed E-state index contributed by atoms with van der Waals surface area (Å²) >= 11 is 0. The van der Waals surface area contributed by atoms with Gasteiger partial charge in [0.05, 0.1) is 6.61 Å². The molecule has 6 nitrogen and oxygen atoms in total. The van der Waals surface area contributed by atoms with E-state index in [9.17, 15) is 4.79 Å². The normalized spacial score (nSPS) is 9.50. The van der Waals surface area contributed by atoms with Crippen molar-refractivity contribution in [3.8, 4) is 0 Å². The predicted molar refractivity (Wildman–Crippen MR) is 71.0 cm³/mol. The summed E-state index contributed by atoms with van der Waals surface area (Å²) in [5, 5.41) is 0. The average Bonchev–Trinajstić information content (AvgIpc) is 2.17. The highest BCUT2D eigenvalue weighted by molar-refractivity contribution is 7.45. The Morgan fingerprint density at radius 2 is 1.33 bits per heavy atom. The molecule has 0 aromatic heterocycles. The lowest BCUT2D eigenvalue weighted by atomic mass is 10.3. The number of rotatable bonds is 5. The van der Waals surface area contributed by atoms with Crippen molar-refractivity contribution in [2.24, 2.45) is 0 Å². The number of ether oxygens (including phenoxy) is 1. The molecule has 3 N–H and O–H groups in total. The molecule has 0 aliphatic carbocycles. The highest BCUT2D eigenvalue weighted by Crippen LogP contribution is 2.25. The van der Waals surface area contributed by atoms with Crippen LogP contribution in [0.3, 0.4) is 0 Å². The number of carbonyl (C=O) groups excluding carboxylic acids is 1. The van der Waals surface area contributed by atoms with Crippen LogP contribution in [0, 0.1) is 0 Å². The maximum absolute atomic E-state index is 10.1. The van der Waals surface area contributed by atoms with Crippen LogP contribution >= 0.6 is 7.82 Å². The van der Waals surface area contributed by atoms with E-state index < -0.39 is 7.82 Å². The Bertz CT molecular complexity index is 203. The largest absolute Gasteiger partial charge is 0.466 e. The standard InChI is InChI=1S/C6H12O2.C5H12.H3O4P/c1-3-4-5-8-6(2)7;1-3-5-4-2;1-5(2,3)4/h3-5H2,1-2H3;3-5H2,1-2H3;(H3,1,2,3,4). The molecule has 0 radical (unpaired) electrons. The summed E-state index contributed by atoms with van der Waals surface area (Å²) < 4.78 is 13.5. The van der Waals surface area contributed by atoms with E-state index in [0.717, 1.165) is 12.8 Å². The van der Waals surface area contributed by atoms with Gasteiger partial charge in [-0.2, -0.15) is 0 Å². The molecule has 0 aliphatic rings. The van der Waals surface area contributed by atoms with E-state index in [4.69, 9.17) is 19.2 Å².